The molecule has 1 aliphatic heterocycles. The van der Waals surface area contributed by atoms with Crippen molar-refractivity contribution < 1.29 is 14.6 Å². The molecule has 1 saturated heterocycles. The molecule has 2 unspecified atom stereocenters. The number of likely N-dealkylation sites (tertiary alicyclic amines) is 1. The lowest BCUT2D eigenvalue weighted by Crippen LogP contribution is -2.51. The zero-order chi connectivity index (χ0) is 13.7. The molecule has 5 heteroatoms. The Balaban J connectivity index is 1.84. The number of piperidine rings is 1. The second-order valence-electron chi connectivity index (χ2n) is 5.85. The number of ether oxygens (including phenoxy) is 1. The third-order valence-electron chi connectivity index (χ3n) is 4.04. The second-order valence-corrected chi connectivity index (χ2v) is 5.85. The molecule has 2 atom stereocenters. The fraction of sp³-hybridized carbons (Fsp3) is 0.929. The molecule has 0 aromatic rings. The van der Waals surface area contributed by atoms with Gasteiger partial charge in [-0.25, -0.2) is 0 Å². The average Bonchev–Trinajstić information content (AvgIpc) is 3.22. The molecule has 0 amide bonds. The molecule has 0 spiro atoms. The largest absolute Gasteiger partial charge is 0.469 e. The van der Waals surface area contributed by atoms with Crippen molar-refractivity contribution in [2.24, 2.45) is 11.8 Å². The number of carbonyl (C=O) groups is 1. The van der Waals surface area contributed by atoms with Crippen molar-refractivity contribution >= 4 is 5.97 Å². The van der Waals surface area contributed by atoms with Gasteiger partial charge in [0.15, 0.2) is 0 Å². The predicted octanol–water partition coefficient (Wildman–Crippen LogP) is 0.232. The van der Waals surface area contributed by atoms with Crippen LogP contribution in [0.5, 0.6) is 0 Å². The van der Waals surface area contributed by atoms with Crippen molar-refractivity contribution in [3.63, 3.8) is 0 Å². The lowest BCUT2D eigenvalue weighted by molar-refractivity contribution is -0.147. The molecule has 0 bridgehead atoms. The monoisotopic (exact) mass is 270 g/mol. The van der Waals surface area contributed by atoms with Crippen molar-refractivity contribution in [3.05, 3.63) is 0 Å². The summed E-state index contributed by atoms with van der Waals surface area (Å²) in [6.07, 6.45) is 4.28. The molecule has 1 heterocycles. The maximum absolute atomic E-state index is 11.8. The van der Waals surface area contributed by atoms with Crippen LogP contribution in [0.3, 0.4) is 0 Å². The molecule has 2 N–H and O–H groups in total. The van der Waals surface area contributed by atoms with Crippen molar-refractivity contribution in [3.8, 4) is 0 Å². The lowest BCUT2D eigenvalue weighted by Gasteiger charge is -2.37. The van der Waals surface area contributed by atoms with Crippen LogP contribution >= 0.6 is 0 Å². The van der Waals surface area contributed by atoms with Gasteiger partial charge in [-0.1, -0.05) is 0 Å². The Morgan fingerprint density at radius 2 is 2.21 bits per heavy atom. The van der Waals surface area contributed by atoms with Crippen LogP contribution in [0.15, 0.2) is 0 Å². The van der Waals surface area contributed by atoms with Gasteiger partial charge in [0.2, 0.25) is 0 Å². The molecular weight excluding hydrogens is 244 g/mol. The highest BCUT2D eigenvalue weighted by Crippen LogP contribution is 2.31. The van der Waals surface area contributed by atoms with Gasteiger partial charge in [-0.3, -0.25) is 4.79 Å². The van der Waals surface area contributed by atoms with Gasteiger partial charge in [-0.2, -0.15) is 0 Å². The number of aliphatic hydroxyl groups excluding tert-OH is 1. The molecule has 0 aromatic carbocycles. The molecule has 5 nitrogen and oxygen atoms in total. The SMILES string of the molecule is COC(=O)C1CC(NCCCO)CN(CC2CC2)C1. The van der Waals surface area contributed by atoms with E-state index >= 15 is 0 Å². The van der Waals surface area contributed by atoms with Gasteiger partial charge in [0.05, 0.1) is 13.0 Å². The second kappa shape index (κ2) is 7.22. The molecule has 19 heavy (non-hydrogen) atoms. The van der Waals surface area contributed by atoms with Crippen LogP contribution in [0.25, 0.3) is 0 Å². The topological polar surface area (TPSA) is 61.8 Å². The first kappa shape index (κ1) is 14.8. The van der Waals surface area contributed by atoms with E-state index < -0.39 is 0 Å². The van der Waals surface area contributed by atoms with Crippen LogP contribution in [0, 0.1) is 11.8 Å². The first-order valence-electron chi connectivity index (χ1n) is 7.37. The van der Waals surface area contributed by atoms with E-state index in [2.05, 4.69) is 10.2 Å². The summed E-state index contributed by atoms with van der Waals surface area (Å²) in [7, 11) is 1.47. The van der Waals surface area contributed by atoms with Crippen LogP contribution in [0.1, 0.15) is 25.7 Å². The van der Waals surface area contributed by atoms with E-state index in [1.54, 1.807) is 0 Å². The zero-order valence-corrected chi connectivity index (χ0v) is 11.8. The Morgan fingerprint density at radius 1 is 1.42 bits per heavy atom. The van der Waals surface area contributed by atoms with Crippen molar-refractivity contribution in [1.29, 1.82) is 0 Å². The highest BCUT2D eigenvalue weighted by atomic mass is 16.5. The number of esters is 1. The smallest absolute Gasteiger partial charge is 0.310 e. The van der Waals surface area contributed by atoms with Gasteiger partial charge in [-0.15, -0.1) is 0 Å². The summed E-state index contributed by atoms with van der Waals surface area (Å²) in [4.78, 5) is 14.2. The van der Waals surface area contributed by atoms with Crippen LogP contribution in [-0.2, 0) is 9.53 Å². The summed E-state index contributed by atoms with van der Waals surface area (Å²) in [5, 5.41) is 12.3. The van der Waals surface area contributed by atoms with E-state index in [4.69, 9.17) is 9.84 Å². The van der Waals surface area contributed by atoms with E-state index in [9.17, 15) is 4.79 Å². The minimum absolute atomic E-state index is 0.0101. The Hall–Kier alpha value is -0.650. The van der Waals surface area contributed by atoms with Crippen molar-refractivity contribution in [1.82, 2.24) is 10.2 Å². The normalized spacial score (nSPS) is 28.3. The molecule has 0 aromatic heterocycles. The van der Waals surface area contributed by atoms with Gasteiger partial charge in [0.1, 0.15) is 0 Å². The maximum Gasteiger partial charge on any atom is 0.310 e. The van der Waals surface area contributed by atoms with E-state index in [1.807, 2.05) is 0 Å². The minimum atomic E-state index is -0.0885. The summed E-state index contributed by atoms with van der Waals surface area (Å²) in [5.41, 5.74) is 0. The number of nitrogens with zero attached hydrogens (tertiary/aromatic N) is 1. The Labute approximate surface area is 115 Å². The molecule has 2 aliphatic rings. The van der Waals surface area contributed by atoms with Crippen molar-refractivity contribution in [2.75, 3.05) is 39.9 Å². The Morgan fingerprint density at radius 3 is 2.84 bits per heavy atom. The van der Waals surface area contributed by atoms with E-state index in [0.717, 1.165) is 44.9 Å². The van der Waals surface area contributed by atoms with Gasteiger partial charge in [0, 0.05) is 32.3 Å². The van der Waals surface area contributed by atoms with E-state index in [-0.39, 0.29) is 18.5 Å². The zero-order valence-electron chi connectivity index (χ0n) is 11.8. The third kappa shape index (κ3) is 4.75. The molecule has 2 fully saturated rings. The van der Waals surface area contributed by atoms with Gasteiger partial charge >= 0.3 is 5.97 Å². The minimum Gasteiger partial charge on any atom is -0.469 e. The number of hydrogen-bond acceptors (Lipinski definition) is 5. The Kier molecular flexibility index (Phi) is 5.60. The molecular formula is C14H26N2O3. The van der Waals surface area contributed by atoms with E-state index in [1.165, 1.54) is 20.0 Å². The number of nitrogens with one attached hydrogen (secondary N) is 1. The first-order valence-corrected chi connectivity index (χ1v) is 7.37. The number of aliphatic hydroxyl groups is 1. The summed E-state index contributed by atoms with van der Waals surface area (Å²) < 4.78 is 4.90. The lowest BCUT2D eigenvalue weighted by atomic mass is 9.94. The number of hydrogen-bond donors (Lipinski definition) is 2. The number of rotatable bonds is 7. The molecule has 2 rings (SSSR count). The standard InChI is InChI=1S/C14H26N2O3/c1-19-14(18)12-7-13(15-5-2-6-17)10-16(9-12)8-11-3-4-11/h11-13,15,17H,2-10H2,1H3. The van der Waals surface area contributed by atoms with Gasteiger partial charge in [0.25, 0.3) is 0 Å². The first-order chi connectivity index (χ1) is 9.22. The van der Waals surface area contributed by atoms with Crippen molar-refractivity contribution in [2.45, 2.75) is 31.7 Å². The average molecular weight is 270 g/mol. The van der Waals surface area contributed by atoms with Gasteiger partial charge < -0.3 is 20.1 Å². The summed E-state index contributed by atoms with van der Waals surface area (Å²) in [5.74, 6) is 0.744. The highest BCUT2D eigenvalue weighted by Gasteiger charge is 2.34. The quantitative estimate of drug-likeness (QED) is 0.512. The van der Waals surface area contributed by atoms with Crippen LogP contribution in [-0.4, -0.2) is 61.9 Å². The molecule has 0 radical (unpaired) electrons. The molecule has 110 valence electrons. The molecule has 1 aliphatic carbocycles. The van der Waals surface area contributed by atoms with Crippen LogP contribution < -0.4 is 5.32 Å². The van der Waals surface area contributed by atoms with Gasteiger partial charge in [-0.05, 0) is 38.1 Å². The van der Waals surface area contributed by atoms with Crippen LogP contribution in [0.2, 0.25) is 0 Å². The third-order valence-corrected chi connectivity index (χ3v) is 4.04. The predicted molar refractivity (Wildman–Crippen MR) is 72.8 cm³/mol. The molecule has 1 saturated carbocycles. The summed E-state index contributed by atoms with van der Waals surface area (Å²) >= 11 is 0. The number of carbonyl (C=O) groups excluding carboxylic acids is 1. The Bertz CT molecular complexity index is 294. The number of methoxy groups -OCH3 is 1. The van der Waals surface area contributed by atoms with E-state index in [0.29, 0.717) is 6.04 Å². The summed E-state index contributed by atoms with van der Waals surface area (Å²) in [6.45, 7) is 3.99. The van der Waals surface area contributed by atoms with Crippen LogP contribution in [0.4, 0.5) is 0 Å². The fourth-order valence-electron chi connectivity index (χ4n) is 2.88. The summed E-state index contributed by atoms with van der Waals surface area (Å²) in [6, 6.07) is 0.336. The fourth-order valence-corrected chi connectivity index (χ4v) is 2.88. The highest BCUT2D eigenvalue weighted by molar-refractivity contribution is 5.72. The maximum atomic E-state index is 11.8.